The van der Waals surface area contributed by atoms with Crippen LogP contribution in [0.2, 0.25) is 0 Å². The van der Waals surface area contributed by atoms with E-state index in [4.69, 9.17) is 0 Å². The van der Waals surface area contributed by atoms with Crippen molar-refractivity contribution in [1.29, 1.82) is 0 Å². The van der Waals surface area contributed by atoms with Crippen molar-refractivity contribution < 1.29 is 0 Å². The molecule has 0 saturated carbocycles. The summed E-state index contributed by atoms with van der Waals surface area (Å²) >= 11 is 0. The van der Waals surface area contributed by atoms with Crippen molar-refractivity contribution in [2.24, 2.45) is 10.2 Å². The first-order valence-corrected chi connectivity index (χ1v) is 4.88. The zero-order valence-corrected chi connectivity index (χ0v) is 8.75. The molecule has 1 aromatic carbocycles. The molecule has 0 N–H and O–H groups in total. The first-order chi connectivity index (χ1) is 7.27. The van der Waals surface area contributed by atoms with Crippen molar-refractivity contribution >= 4 is 16.6 Å². The number of azo groups is 1. The van der Waals surface area contributed by atoms with Crippen molar-refractivity contribution in [2.75, 3.05) is 0 Å². The van der Waals surface area contributed by atoms with Gasteiger partial charge in [-0.05, 0) is 13.8 Å². The largest absolute Gasteiger partial charge is 0.203 e. The maximum atomic E-state index is 4.09. The maximum Gasteiger partial charge on any atom is 0.203 e. The van der Waals surface area contributed by atoms with Crippen LogP contribution in [0.15, 0.2) is 40.7 Å². The van der Waals surface area contributed by atoms with Gasteiger partial charge in [0.2, 0.25) is 5.82 Å². The van der Waals surface area contributed by atoms with Gasteiger partial charge in [0.15, 0.2) is 0 Å². The molecular weight excluding hydrogens is 188 g/mol. The first kappa shape index (κ1) is 9.71. The third kappa shape index (κ3) is 2.15. The van der Waals surface area contributed by atoms with Gasteiger partial charge >= 0.3 is 0 Å². The highest BCUT2D eigenvalue weighted by molar-refractivity contribution is 5.89. The smallest absolute Gasteiger partial charge is 0.184 e. The SMILES string of the molecule is CC(C)N=Nc1nncc2ccccc12. The van der Waals surface area contributed by atoms with Crippen LogP contribution in [0.25, 0.3) is 10.8 Å². The fraction of sp³-hybridized carbons (Fsp3) is 0.273. The van der Waals surface area contributed by atoms with Crippen LogP contribution < -0.4 is 0 Å². The van der Waals surface area contributed by atoms with E-state index in [9.17, 15) is 0 Å². The number of fused-ring (bicyclic) bond motifs is 1. The predicted octanol–water partition coefficient (Wildman–Crippen LogP) is 3.12. The molecule has 4 nitrogen and oxygen atoms in total. The molecule has 1 heterocycles. The number of benzene rings is 1. The van der Waals surface area contributed by atoms with E-state index in [0.717, 1.165) is 10.8 Å². The Kier molecular flexibility index (Phi) is 2.67. The average Bonchev–Trinajstić information content (AvgIpc) is 2.26. The molecule has 0 saturated heterocycles. The van der Waals surface area contributed by atoms with Gasteiger partial charge in [0.1, 0.15) is 0 Å². The average molecular weight is 200 g/mol. The van der Waals surface area contributed by atoms with Crippen LogP contribution >= 0.6 is 0 Å². The molecule has 1 aromatic heterocycles. The van der Waals surface area contributed by atoms with E-state index in [-0.39, 0.29) is 6.04 Å². The molecule has 0 aliphatic carbocycles. The summed E-state index contributed by atoms with van der Waals surface area (Å²) in [6, 6.07) is 8.05. The van der Waals surface area contributed by atoms with Crippen molar-refractivity contribution in [2.45, 2.75) is 19.9 Å². The number of nitrogens with zero attached hydrogens (tertiary/aromatic N) is 4. The lowest BCUT2D eigenvalue weighted by atomic mass is 10.2. The lowest BCUT2D eigenvalue weighted by molar-refractivity contribution is 0.773. The zero-order chi connectivity index (χ0) is 10.7. The second-order valence-electron chi connectivity index (χ2n) is 3.56. The highest BCUT2D eigenvalue weighted by Crippen LogP contribution is 2.22. The van der Waals surface area contributed by atoms with Crippen LogP contribution in [-0.4, -0.2) is 16.2 Å². The van der Waals surface area contributed by atoms with E-state index in [1.165, 1.54) is 0 Å². The summed E-state index contributed by atoms with van der Waals surface area (Å²) in [5.41, 5.74) is 0. The van der Waals surface area contributed by atoms with E-state index in [0.29, 0.717) is 5.82 Å². The van der Waals surface area contributed by atoms with Crippen LogP contribution in [-0.2, 0) is 0 Å². The van der Waals surface area contributed by atoms with Gasteiger partial charge in [-0.25, -0.2) is 0 Å². The van der Waals surface area contributed by atoms with E-state index in [1.54, 1.807) is 6.20 Å². The van der Waals surface area contributed by atoms with Gasteiger partial charge in [0.25, 0.3) is 0 Å². The van der Waals surface area contributed by atoms with Crippen LogP contribution in [0, 0.1) is 0 Å². The number of hydrogen-bond acceptors (Lipinski definition) is 4. The number of hydrogen-bond donors (Lipinski definition) is 0. The topological polar surface area (TPSA) is 50.5 Å². The Labute approximate surface area is 88.1 Å². The fourth-order valence-corrected chi connectivity index (χ4v) is 1.26. The summed E-state index contributed by atoms with van der Waals surface area (Å²) in [5.74, 6) is 0.585. The molecule has 2 rings (SSSR count). The minimum atomic E-state index is 0.172. The van der Waals surface area contributed by atoms with Gasteiger partial charge in [0.05, 0.1) is 12.2 Å². The highest BCUT2D eigenvalue weighted by atomic mass is 15.2. The summed E-state index contributed by atoms with van der Waals surface area (Å²) in [5, 5.41) is 18.0. The summed E-state index contributed by atoms with van der Waals surface area (Å²) in [4.78, 5) is 0. The molecule has 0 aliphatic rings. The summed E-state index contributed by atoms with van der Waals surface area (Å²) in [6.45, 7) is 3.95. The molecule has 76 valence electrons. The molecule has 15 heavy (non-hydrogen) atoms. The fourth-order valence-electron chi connectivity index (χ4n) is 1.26. The molecule has 0 unspecified atom stereocenters. The summed E-state index contributed by atoms with van der Waals surface area (Å²) in [7, 11) is 0. The van der Waals surface area contributed by atoms with Crippen LogP contribution in [0.5, 0.6) is 0 Å². The van der Waals surface area contributed by atoms with Crippen LogP contribution in [0.1, 0.15) is 13.8 Å². The Hall–Kier alpha value is -1.84. The van der Waals surface area contributed by atoms with Gasteiger partial charge in [-0.2, -0.15) is 10.2 Å². The molecule has 0 bridgehead atoms. The predicted molar refractivity (Wildman–Crippen MR) is 59.2 cm³/mol. The van der Waals surface area contributed by atoms with E-state index in [2.05, 4.69) is 20.4 Å². The van der Waals surface area contributed by atoms with Crippen molar-refractivity contribution in [3.8, 4) is 0 Å². The third-order valence-electron chi connectivity index (χ3n) is 1.93. The van der Waals surface area contributed by atoms with Gasteiger partial charge in [-0.1, -0.05) is 24.3 Å². The quantitative estimate of drug-likeness (QED) is 0.699. The molecule has 0 atom stereocenters. The monoisotopic (exact) mass is 200 g/mol. The van der Waals surface area contributed by atoms with E-state index < -0.39 is 0 Å². The maximum absolute atomic E-state index is 4.09. The Morgan fingerprint density at radius 1 is 1.20 bits per heavy atom. The zero-order valence-electron chi connectivity index (χ0n) is 8.75. The first-order valence-electron chi connectivity index (χ1n) is 4.88. The lowest BCUT2D eigenvalue weighted by Crippen LogP contribution is -1.86. The standard InChI is InChI=1S/C11H12N4/c1-8(2)13-15-11-10-6-4-3-5-9(10)7-12-14-11/h3-8H,1-2H3. The van der Waals surface area contributed by atoms with Crippen LogP contribution in [0.4, 0.5) is 5.82 Å². The third-order valence-corrected chi connectivity index (χ3v) is 1.93. The van der Waals surface area contributed by atoms with Crippen LogP contribution in [0.3, 0.4) is 0 Å². The van der Waals surface area contributed by atoms with Gasteiger partial charge < -0.3 is 0 Å². The second kappa shape index (κ2) is 4.13. The van der Waals surface area contributed by atoms with Gasteiger partial charge in [0, 0.05) is 10.8 Å². The Balaban J connectivity index is 2.51. The van der Waals surface area contributed by atoms with Gasteiger partial charge in [-0.3, -0.25) is 0 Å². The number of aromatic nitrogens is 2. The minimum Gasteiger partial charge on any atom is -0.184 e. The van der Waals surface area contributed by atoms with E-state index in [1.807, 2.05) is 38.1 Å². The molecule has 0 spiro atoms. The number of rotatable bonds is 2. The Morgan fingerprint density at radius 3 is 2.80 bits per heavy atom. The van der Waals surface area contributed by atoms with E-state index >= 15 is 0 Å². The Bertz CT molecular complexity index is 485. The molecule has 2 aromatic rings. The second-order valence-corrected chi connectivity index (χ2v) is 3.56. The molecule has 0 aliphatic heterocycles. The molecule has 4 heteroatoms. The molecule has 0 radical (unpaired) electrons. The van der Waals surface area contributed by atoms with Gasteiger partial charge in [-0.15, -0.1) is 10.2 Å². The highest BCUT2D eigenvalue weighted by Gasteiger charge is 2.00. The molecule has 0 fully saturated rings. The minimum absolute atomic E-state index is 0.172. The molecule has 0 amide bonds. The van der Waals surface area contributed by atoms with Crippen molar-refractivity contribution in [3.05, 3.63) is 30.5 Å². The summed E-state index contributed by atoms with van der Waals surface area (Å²) in [6.07, 6.45) is 1.73. The Morgan fingerprint density at radius 2 is 2.00 bits per heavy atom. The summed E-state index contributed by atoms with van der Waals surface area (Å²) < 4.78 is 0. The lowest BCUT2D eigenvalue weighted by Gasteiger charge is -1.98. The molecular formula is C11H12N4. The van der Waals surface area contributed by atoms with Crippen molar-refractivity contribution in [1.82, 2.24) is 10.2 Å². The van der Waals surface area contributed by atoms with Crippen molar-refractivity contribution in [3.63, 3.8) is 0 Å². The normalized spacial score (nSPS) is 11.7.